The van der Waals surface area contributed by atoms with E-state index in [1.807, 2.05) is 18.2 Å². The first-order chi connectivity index (χ1) is 12.8. The Morgan fingerprint density at radius 2 is 1.74 bits per heavy atom. The van der Waals surface area contributed by atoms with Gasteiger partial charge in [-0.15, -0.1) is 0 Å². The Morgan fingerprint density at radius 1 is 1.11 bits per heavy atom. The van der Waals surface area contributed by atoms with Crippen LogP contribution in [0.1, 0.15) is 18.1 Å². The van der Waals surface area contributed by atoms with Crippen LogP contribution in [0.25, 0.3) is 0 Å². The number of amides is 4. The van der Waals surface area contributed by atoms with Gasteiger partial charge in [-0.25, -0.2) is 4.79 Å². The van der Waals surface area contributed by atoms with Gasteiger partial charge in [-0.3, -0.25) is 14.5 Å². The van der Waals surface area contributed by atoms with Crippen LogP contribution in [-0.2, 0) is 21.7 Å². The molecule has 1 unspecified atom stereocenters. The molecular weight excluding hydrogens is 366 g/mol. The summed E-state index contributed by atoms with van der Waals surface area (Å²) in [5.74, 6) is -0.766. The molecule has 1 aliphatic rings. The maximum absolute atomic E-state index is 12.8. The third-order valence-electron chi connectivity index (χ3n) is 4.68. The Labute approximate surface area is 162 Å². The van der Waals surface area contributed by atoms with E-state index < -0.39 is 17.5 Å². The zero-order valence-electron chi connectivity index (χ0n) is 15.1. The van der Waals surface area contributed by atoms with Crippen LogP contribution in [0.5, 0.6) is 0 Å². The molecule has 1 saturated heterocycles. The molecule has 140 valence electrons. The molecule has 1 N–H and O–H groups in total. The van der Waals surface area contributed by atoms with E-state index in [1.54, 1.807) is 50.4 Å². The highest BCUT2D eigenvalue weighted by Crippen LogP contribution is 2.28. The number of rotatable bonds is 5. The second kappa shape index (κ2) is 7.40. The summed E-state index contributed by atoms with van der Waals surface area (Å²) in [6.45, 7) is 1.69. The van der Waals surface area contributed by atoms with E-state index in [9.17, 15) is 14.4 Å². The molecule has 3 rings (SSSR count). The van der Waals surface area contributed by atoms with E-state index in [4.69, 9.17) is 11.6 Å². The van der Waals surface area contributed by atoms with Gasteiger partial charge in [-0.2, -0.15) is 0 Å². The predicted octanol–water partition coefficient (Wildman–Crippen LogP) is 2.77. The Hall–Kier alpha value is -2.86. The first kappa shape index (κ1) is 18.9. The van der Waals surface area contributed by atoms with Gasteiger partial charge in [0.2, 0.25) is 5.91 Å². The predicted molar refractivity (Wildman–Crippen MR) is 102 cm³/mol. The van der Waals surface area contributed by atoms with Gasteiger partial charge in [-0.1, -0.05) is 54.1 Å². The average molecular weight is 386 g/mol. The molecule has 6 nitrogen and oxygen atoms in total. The van der Waals surface area contributed by atoms with Gasteiger partial charge >= 0.3 is 6.03 Å². The van der Waals surface area contributed by atoms with Gasteiger partial charge in [-0.05, 0) is 30.2 Å². The third-order valence-corrected chi connectivity index (χ3v) is 4.93. The van der Waals surface area contributed by atoms with Crippen LogP contribution in [0.2, 0.25) is 5.02 Å². The van der Waals surface area contributed by atoms with Crippen LogP contribution in [0.15, 0.2) is 54.6 Å². The first-order valence-electron chi connectivity index (χ1n) is 8.49. The number of carbonyl (C=O) groups excluding carboxylic acids is 3. The number of hydrogen-bond donors (Lipinski definition) is 1. The van der Waals surface area contributed by atoms with Crippen molar-refractivity contribution in [3.63, 3.8) is 0 Å². The molecule has 0 aromatic heterocycles. The largest absolute Gasteiger partial charge is 0.340 e. The maximum atomic E-state index is 12.8. The van der Waals surface area contributed by atoms with E-state index in [1.165, 1.54) is 4.90 Å². The number of likely N-dealkylation sites (N-methyl/N-ethyl adjacent to an activating group) is 1. The number of benzene rings is 2. The molecule has 0 spiro atoms. The zero-order chi connectivity index (χ0) is 19.6. The van der Waals surface area contributed by atoms with Crippen molar-refractivity contribution in [1.29, 1.82) is 0 Å². The van der Waals surface area contributed by atoms with Gasteiger partial charge in [0.05, 0.1) is 0 Å². The molecule has 1 fully saturated rings. The fourth-order valence-electron chi connectivity index (χ4n) is 3.02. The lowest BCUT2D eigenvalue weighted by atomic mass is 9.92. The number of hydrogen-bond acceptors (Lipinski definition) is 3. The Bertz CT molecular complexity index is 870. The molecule has 27 heavy (non-hydrogen) atoms. The molecule has 7 heteroatoms. The molecule has 0 bridgehead atoms. The van der Waals surface area contributed by atoms with Crippen LogP contribution in [0.4, 0.5) is 4.79 Å². The highest BCUT2D eigenvalue weighted by atomic mass is 35.5. The summed E-state index contributed by atoms with van der Waals surface area (Å²) in [6, 6.07) is 15.6. The number of urea groups is 1. The molecule has 2 aromatic carbocycles. The van der Waals surface area contributed by atoms with Gasteiger partial charge < -0.3 is 10.2 Å². The molecule has 1 atom stereocenters. The van der Waals surface area contributed by atoms with E-state index in [-0.39, 0.29) is 12.5 Å². The van der Waals surface area contributed by atoms with Crippen molar-refractivity contribution in [3.8, 4) is 0 Å². The van der Waals surface area contributed by atoms with E-state index in [2.05, 4.69) is 5.32 Å². The van der Waals surface area contributed by atoms with Crippen LogP contribution in [-0.4, -0.2) is 41.2 Å². The average Bonchev–Trinajstić information content (AvgIpc) is 2.88. The highest BCUT2D eigenvalue weighted by Gasteiger charge is 2.49. The lowest BCUT2D eigenvalue weighted by Crippen LogP contribution is -2.43. The molecular formula is C20H20ClN3O3. The maximum Gasteiger partial charge on any atom is 0.325 e. The summed E-state index contributed by atoms with van der Waals surface area (Å²) >= 11 is 5.86. The topological polar surface area (TPSA) is 69.7 Å². The smallest absolute Gasteiger partial charge is 0.325 e. The van der Waals surface area contributed by atoms with Crippen LogP contribution in [0, 0.1) is 0 Å². The van der Waals surface area contributed by atoms with Crippen molar-refractivity contribution < 1.29 is 14.4 Å². The minimum absolute atomic E-state index is 0.308. The SMILES string of the molecule is CN(Cc1ccc(Cl)cc1)C(=O)CN1C(=O)NC(C)(c2ccccc2)C1=O. The lowest BCUT2D eigenvalue weighted by molar-refractivity contribution is -0.138. The molecule has 2 aromatic rings. The summed E-state index contributed by atoms with van der Waals surface area (Å²) < 4.78 is 0. The summed E-state index contributed by atoms with van der Waals surface area (Å²) in [6.07, 6.45) is 0. The third kappa shape index (κ3) is 3.80. The fraction of sp³-hybridized carbons (Fsp3) is 0.250. The number of nitrogens with one attached hydrogen (secondary N) is 1. The summed E-state index contributed by atoms with van der Waals surface area (Å²) in [5, 5.41) is 3.32. The lowest BCUT2D eigenvalue weighted by Gasteiger charge is -2.23. The van der Waals surface area contributed by atoms with E-state index in [0.717, 1.165) is 10.5 Å². The van der Waals surface area contributed by atoms with Crippen molar-refractivity contribution in [2.24, 2.45) is 0 Å². The van der Waals surface area contributed by atoms with E-state index in [0.29, 0.717) is 17.1 Å². The molecule has 0 radical (unpaired) electrons. The number of imide groups is 1. The minimum Gasteiger partial charge on any atom is -0.340 e. The highest BCUT2D eigenvalue weighted by molar-refractivity contribution is 6.30. The summed E-state index contributed by atoms with van der Waals surface area (Å²) in [4.78, 5) is 40.2. The number of halogens is 1. The first-order valence-corrected chi connectivity index (χ1v) is 8.87. The van der Waals surface area contributed by atoms with Crippen molar-refractivity contribution >= 4 is 29.4 Å². The minimum atomic E-state index is -1.17. The van der Waals surface area contributed by atoms with Crippen molar-refractivity contribution in [2.45, 2.75) is 19.0 Å². The van der Waals surface area contributed by atoms with Gasteiger partial charge in [0.25, 0.3) is 5.91 Å². The van der Waals surface area contributed by atoms with Crippen LogP contribution < -0.4 is 5.32 Å². The van der Waals surface area contributed by atoms with Crippen molar-refractivity contribution in [2.75, 3.05) is 13.6 Å². The van der Waals surface area contributed by atoms with E-state index >= 15 is 0 Å². The van der Waals surface area contributed by atoms with Crippen LogP contribution >= 0.6 is 11.6 Å². The Kier molecular flexibility index (Phi) is 5.19. The molecule has 0 aliphatic carbocycles. The quantitative estimate of drug-likeness (QED) is 0.804. The molecule has 1 aliphatic heterocycles. The van der Waals surface area contributed by atoms with Gasteiger partial charge in [0.1, 0.15) is 12.1 Å². The Morgan fingerprint density at radius 3 is 2.37 bits per heavy atom. The summed E-state index contributed by atoms with van der Waals surface area (Å²) in [5.41, 5.74) is 0.405. The molecule has 0 saturated carbocycles. The van der Waals surface area contributed by atoms with Crippen molar-refractivity contribution in [1.82, 2.24) is 15.1 Å². The van der Waals surface area contributed by atoms with Crippen LogP contribution in [0.3, 0.4) is 0 Å². The summed E-state index contributed by atoms with van der Waals surface area (Å²) in [7, 11) is 1.63. The van der Waals surface area contributed by atoms with Crippen molar-refractivity contribution in [3.05, 3.63) is 70.7 Å². The molecule has 1 heterocycles. The van der Waals surface area contributed by atoms with Gasteiger partial charge in [0.15, 0.2) is 0 Å². The normalized spacial score (nSPS) is 19.1. The fourth-order valence-corrected chi connectivity index (χ4v) is 3.14. The monoisotopic (exact) mass is 385 g/mol. The Balaban J connectivity index is 1.69. The number of nitrogens with zero attached hydrogens (tertiary/aromatic N) is 2. The standard InChI is InChI=1S/C20H20ClN3O3/c1-20(15-6-4-3-5-7-15)18(26)24(19(27)22-20)13-17(25)23(2)12-14-8-10-16(21)11-9-14/h3-11H,12-13H2,1-2H3,(H,22,27). The molecule has 4 amide bonds. The second-order valence-electron chi connectivity index (χ2n) is 6.69. The van der Waals surface area contributed by atoms with Gasteiger partial charge in [0, 0.05) is 18.6 Å². The zero-order valence-corrected chi connectivity index (χ0v) is 15.9. The second-order valence-corrected chi connectivity index (χ2v) is 7.13. The number of carbonyl (C=O) groups is 3.